The van der Waals surface area contributed by atoms with Gasteiger partial charge in [-0.2, -0.15) is 0 Å². The minimum absolute atomic E-state index is 0.0970. The smallest absolute Gasteiger partial charge is 0.265 e. The quantitative estimate of drug-likeness (QED) is 0.911. The summed E-state index contributed by atoms with van der Waals surface area (Å²) in [5.41, 5.74) is 1.80. The molecule has 1 aromatic carbocycles. The van der Waals surface area contributed by atoms with Gasteiger partial charge in [-0.3, -0.25) is 4.79 Å². The molecule has 4 heteroatoms. The first-order valence-corrected chi connectivity index (χ1v) is 6.67. The molecule has 1 aromatic heterocycles. The first-order chi connectivity index (χ1) is 8.70. The maximum absolute atomic E-state index is 12.0. The third-order valence-electron chi connectivity index (χ3n) is 2.39. The fourth-order valence-electron chi connectivity index (χ4n) is 1.59. The monoisotopic (exact) mass is 261 g/mol. The van der Waals surface area contributed by atoms with E-state index in [-0.39, 0.29) is 5.91 Å². The number of para-hydroxylation sites is 2. The lowest BCUT2D eigenvalue weighted by molar-refractivity contribution is 0.103. The SMILES string of the molecule is CCOc1ccccc1NC(=O)c1cc(C)cs1. The van der Waals surface area contributed by atoms with Crippen molar-refractivity contribution in [3.05, 3.63) is 46.2 Å². The summed E-state index contributed by atoms with van der Waals surface area (Å²) < 4.78 is 5.47. The van der Waals surface area contributed by atoms with Crippen LogP contribution in [0.15, 0.2) is 35.7 Å². The Morgan fingerprint density at radius 1 is 1.39 bits per heavy atom. The summed E-state index contributed by atoms with van der Waals surface area (Å²) >= 11 is 1.44. The van der Waals surface area contributed by atoms with Crippen LogP contribution in [-0.4, -0.2) is 12.5 Å². The van der Waals surface area contributed by atoms with Crippen molar-refractivity contribution in [2.45, 2.75) is 13.8 Å². The zero-order valence-electron chi connectivity index (χ0n) is 10.4. The van der Waals surface area contributed by atoms with Gasteiger partial charge in [0, 0.05) is 0 Å². The number of aryl methyl sites for hydroxylation is 1. The molecule has 0 fully saturated rings. The summed E-state index contributed by atoms with van der Waals surface area (Å²) in [6.07, 6.45) is 0. The number of hydrogen-bond acceptors (Lipinski definition) is 3. The lowest BCUT2D eigenvalue weighted by Gasteiger charge is -2.10. The summed E-state index contributed by atoms with van der Waals surface area (Å²) in [5.74, 6) is 0.599. The van der Waals surface area contributed by atoms with Crippen LogP contribution in [0.4, 0.5) is 5.69 Å². The summed E-state index contributed by atoms with van der Waals surface area (Å²) in [6, 6.07) is 9.32. The average Bonchev–Trinajstić information content (AvgIpc) is 2.79. The van der Waals surface area contributed by atoms with E-state index in [1.54, 1.807) is 0 Å². The summed E-state index contributed by atoms with van der Waals surface area (Å²) in [5, 5.41) is 4.83. The molecular weight excluding hydrogens is 246 g/mol. The molecule has 0 aliphatic rings. The van der Waals surface area contributed by atoms with E-state index in [2.05, 4.69) is 5.32 Å². The zero-order chi connectivity index (χ0) is 13.0. The van der Waals surface area contributed by atoms with Crippen molar-refractivity contribution < 1.29 is 9.53 Å². The Balaban J connectivity index is 2.16. The minimum Gasteiger partial charge on any atom is -0.492 e. The van der Waals surface area contributed by atoms with Crippen LogP contribution in [0.25, 0.3) is 0 Å². The second-order valence-corrected chi connectivity index (χ2v) is 4.78. The summed E-state index contributed by atoms with van der Waals surface area (Å²) in [7, 11) is 0. The number of anilines is 1. The largest absolute Gasteiger partial charge is 0.492 e. The summed E-state index contributed by atoms with van der Waals surface area (Å²) in [4.78, 5) is 12.7. The first kappa shape index (κ1) is 12.6. The highest BCUT2D eigenvalue weighted by Gasteiger charge is 2.10. The van der Waals surface area contributed by atoms with E-state index in [1.165, 1.54) is 11.3 Å². The lowest BCUT2D eigenvalue weighted by Crippen LogP contribution is -2.11. The van der Waals surface area contributed by atoms with Crippen LogP contribution in [0.1, 0.15) is 22.2 Å². The lowest BCUT2D eigenvalue weighted by atomic mass is 10.2. The number of amides is 1. The molecule has 3 nitrogen and oxygen atoms in total. The van der Waals surface area contributed by atoms with Gasteiger partial charge in [0.2, 0.25) is 0 Å². The number of nitrogens with one attached hydrogen (secondary N) is 1. The molecule has 2 aromatic rings. The predicted molar refractivity (Wildman–Crippen MR) is 74.6 cm³/mol. The van der Waals surface area contributed by atoms with E-state index in [0.29, 0.717) is 22.9 Å². The predicted octanol–water partition coefficient (Wildman–Crippen LogP) is 3.71. The number of benzene rings is 1. The van der Waals surface area contributed by atoms with Gasteiger partial charge in [-0.15, -0.1) is 11.3 Å². The second kappa shape index (κ2) is 5.69. The van der Waals surface area contributed by atoms with E-state index < -0.39 is 0 Å². The van der Waals surface area contributed by atoms with Crippen LogP contribution in [0.2, 0.25) is 0 Å². The van der Waals surface area contributed by atoms with Crippen molar-refractivity contribution in [3.63, 3.8) is 0 Å². The van der Waals surface area contributed by atoms with Gasteiger partial charge < -0.3 is 10.1 Å². The molecule has 18 heavy (non-hydrogen) atoms. The van der Waals surface area contributed by atoms with Gasteiger partial charge in [0.1, 0.15) is 5.75 Å². The molecule has 0 atom stereocenters. The van der Waals surface area contributed by atoms with Gasteiger partial charge >= 0.3 is 0 Å². The maximum atomic E-state index is 12.0. The van der Waals surface area contributed by atoms with Crippen molar-refractivity contribution in [3.8, 4) is 5.75 Å². The highest BCUT2D eigenvalue weighted by molar-refractivity contribution is 7.12. The molecule has 0 aliphatic carbocycles. The average molecular weight is 261 g/mol. The highest BCUT2D eigenvalue weighted by atomic mass is 32.1. The standard InChI is InChI=1S/C14H15NO2S/c1-3-17-12-7-5-4-6-11(12)15-14(16)13-8-10(2)9-18-13/h4-9H,3H2,1-2H3,(H,15,16). The van der Waals surface area contributed by atoms with Crippen LogP contribution in [0, 0.1) is 6.92 Å². The zero-order valence-corrected chi connectivity index (χ0v) is 11.2. The molecule has 0 saturated heterocycles. The Labute approximate surface area is 110 Å². The molecule has 1 N–H and O–H groups in total. The fourth-order valence-corrected chi connectivity index (χ4v) is 2.38. The number of carbonyl (C=O) groups is 1. The molecule has 0 unspecified atom stereocenters. The van der Waals surface area contributed by atoms with E-state index in [9.17, 15) is 4.79 Å². The van der Waals surface area contributed by atoms with Crippen LogP contribution in [0.3, 0.4) is 0 Å². The Morgan fingerprint density at radius 2 is 2.17 bits per heavy atom. The Kier molecular flexibility index (Phi) is 3.99. The van der Waals surface area contributed by atoms with Gasteiger partial charge in [-0.05, 0) is 43.0 Å². The molecule has 0 bridgehead atoms. The van der Waals surface area contributed by atoms with Crippen molar-refractivity contribution in [1.82, 2.24) is 0 Å². The van der Waals surface area contributed by atoms with Crippen LogP contribution < -0.4 is 10.1 Å². The van der Waals surface area contributed by atoms with Crippen LogP contribution >= 0.6 is 11.3 Å². The number of thiophene rings is 1. The van der Waals surface area contributed by atoms with E-state index in [4.69, 9.17) is 4.74 Å². The normalized spacial score (nSPS) is 10.1. The molecular formula is C14H15NO2S. The van der Waals surface area contributed by atoms with Crippen LogP contribution in [0.5, 0.6) is 5.75 Å². The van der Waals surface area contributed by atoms with Gasteiger partial charge in [0.25, 0.3) is 5.91 Å². The fraction of sp³-hybridized carbons (Fsp3) is 0.214. The van der Waals surface area contributed by atoms with E-state index in [0.717, 1.165) is 5.56 Å². The number of hydrogen-bond donors (Lipinski definition) is 1. The first-order valence-electron chi connectivity index (χ1n) is 5.79. The topological polar surface area (TPSA) is 38.3 Å². The Morgan fingerprint density at radius 3 is 2.83 bits per heavy atom. The van der Waals surface area contributed by atoms with E-state index in [1.807, 2.05) is 49.6 Å². The van der Waals surface area contributed by atoms with Crippen molar-refractivity contribution in [2.75, 3.05) is 11.9 Å². The van der Waals surface area contributed by atoms with Gasteiger partial charge in [0.05, 0.1) is 17.2 Å². The number of rotatable bonds is 4. The number of carbonyl (C=O) groups excluding carboxylic acids is 1. The van der Waals surface area contributed by atoms with Crippen LogP contribution in [-0.2, 0) is 0 Å². The van der Waals surface area contributed by atoms with Gasteiger partial charge in [0.15, 0.2) is 0 Å². The summed E-state index contributed by atoms with van der Waals surface area (Å²) in [6.45, 7) is 4.47. The molecule has 0 saturated carbocycles. The van der Waals surface area contributed by atoms with Crippen molar-refractivity contribution in [1.29, 1.82) is 0 Å². The third-order valence-corrected chi connectivity index (χ3v) is 3.44. The highest BCUT2D eigenvalue weighted by Crippen LogP contribution is 2.25. The molecule has 94 valence electrons. The molecule has 0 radical (unpaired) electrons. The second-order valence-electron chi connectivity index (χ2n) is 3.87. The van der Waals surface area contributed by atoms with E-state index >= 15 is 0 Å². The minimum atomic E-state index is -0.0970. The van der Waals surface area contributed by atoms with Gasteiger partial charge in [-0.1, -0.05) is 12.1 Å². The van der Waals surface area contributed by atoms with Crippen molar-refractivity contribution >= 4 is 22.9 Å². The third kappa shape index (κ3) is 2.90. The number of ether oxygens (including phenoxy) is 1. The Bertz CT molecular complexity index is 548. The molecule has 1 amide bonds. The molecule has 2 rings (SSSR count). The van der Waals surface area contributed by atoms with Gasteiger partial charge in [-0.25, -0.2) is 0 Å². The van der Waals surface area contributed by atoms with Crippen molar-refractivity contribution in [2.24, 2.45) is 0 Å². The Hall–Kier alpha value is -1.81. The molecule has 1 heterocycles. The maximum Gasteiger partial charge on any atom is 0.265 e. The molecule has 0 aliphatic heterocycles. The molecule has 0 spiro atoms.